The first kappa shape index (κ1) is 10.5. The van der Waals surface area contributed by atoms with Gasteiger partial charge in [0.15, 0.2) is 0 Å². The molecule has 0 saturated carbocycles. The predicted octanol–water partition coefficient (Wildman–Crippen LogP) is -1.04. The molecule has 1 atom stereocenters. The molecule has 78 valence electrons. The number of carbonyl (C=O) groups is 1. The SMILES string of the molecule is CCn1nnc(O)c1C[C@H](N)C(=O)O. The first-order valence-corrected chi connectivity index (χ1v) is 4.16. The maximum atomic E-state index is 10.5. The van der Waals surface area contributed by atoms with E-state index in [1.807, 2.05) is 6.92 Å². The van der Waals surface area contributed by atoms with Crippen molar-refractivity contribution in [2.24, 2.45) is 5.73 Å². The number of hydrogen-bond acceptors (Lipinski definition) is 5. The van der Waals surface area contributed by atoms with Crippen LogP contribution >= 0.6 is 0 Å². The molecule has 0 aliphatic heterocycles. The van der Waals surface area contributed by atoms with Crippen LogP contribution in [0.25, 0.3) is 0 Å². The molecule has 0 unspecified atom stereocenters. The van der Waals surface area contributed by atoms with Crippen molar-refractivity contribution >= 4 is 5.97 Å². The molecule has 1 aromatic heterocycles. The molecule has 0 amide bonds. The van der Waals surface area contributed by atoms with E-state index in [-0.39, 0.29) is 12.3 Å². The van der Waals surface area contributed by atoms with E-state index >= 15 is 0 Å². The van der Waals surface area contributed by atoms with Gasteiger partial charge in [-0.2, -0.15) is 0 Å². The van der Waals surface area contributed by atoms with Crippen molar-refractivity contribution in [1.29, 1.82) is 0 Å². The van der Waals surface area contributed by atoms with Gasteiger partial charge in [-0.1, -0.05) is 10.3 Å². The van der Waals surface area contributed by atoms with Crippen LogP contribution in [0.1, 0.15) is 12.6 Å². The number of carboxylic acids is 1. The normalized spacial score (nSPS) is 12.7. The number of aromatic nitrogens is 3. The van der Waals surface area contributed by atoms with Crippen molar-refractivity contribution in [3.8, 4) is 5.88 Å². The van der Waals surface area contributed by atoms with Gasteiger partial charge in [0.1, 0.15) is 11.7 Å². The first-order valence-electron chi connectivity index (χ1n) is 4.16. The minimum Gasteiger partial charge on any atom is -0.491 e. The lowest BCUT2D eigenvalue weighted by molar-refractivity contribution is -0.138. The summed E-state index contributed by atoms with van der Waals surface area (Å²) in [5.74, 6) is -1.38. The van der Waals surface area contributed by atoms with E-state index in [0.717, 1.165) is 0 Å². The second-order valence-electron chi connectivity index (χ2n) is 2.82. The zero-order chi connectivity index (χ0) is 10.7. The minimum absolute atomic E-state index is 0.0159. The number of nitrogens with two attached hydrogens (primary N) is 1. The summed E-state index contributed by atoms with van der Waals surface area (Å²) >= 11 is 0. The molecule has 0 aliphatic rings. The predicted molar refractivity (Wildman–Crippen MR) is 46.7 cm³/mol. The van der Waals surface area contributed by atoms with Gasteiger partial charge in [-0.25, -0.2) is 4.68 Å². The molecule has 4 N–H and O–H groups in total. The number of hydrogen-bond donors (Lipinski definition) is 3. The van der Waals surface area contributed by atoms with E-state index < -0.39 is 12.0 Å². The summed E-state index contributed by atoms with van der Waals surface area (Å²) in [5.41, 5.74) is 5.67. The lowest BCUT2D eigenvalue weighted by atomic mass is 10.2. The van der Waals surface area contributed by atoms with Gasteiger partial charge in [0.2, 0.25) is 0 Å². The summed E-state index contributed by atoms with van der Waals surface area (Å²) in [7, 11) is 0. The Kier molecular flexibility index (Phi) is 3.03. The smallest absolute Gasteiger partial charge is 0.320 e. The van der Waals surface area contributed by atoms with Crippen molar-refractivity contribution < 1.29 is 15.0 Å². The van der Waals surface area contributed by atoms with E-state index in [2.05, 4.69) is 10.3 Å². The van der Waals surface area contributed by atoms with Gasteiger partial charge in [0.25, 0.3) is 5.88 Å². The van der Waals surface area contributed by atoms with Crippen LogP contribution in [-0.4, -0.2) is 37.2 Å². The Morgan fingerprint density at radius 3 is 2.86 bits per heavy atom. The summed E-state index contributed by atoms with van der Waals surface area (Å²) in [6.45, 7) is 2.32. The summed E-state index contributed by atoms with van der Waals surface area (Å²) in [6.07, 6.45) is 0.0159. The maximum Gasteiger partial charge on any atom is 0.320 e. The molecular formula is C7H12N4O3. The summed E-state index contributed by atoms with van der Waals surface area (Å²) in [4.78, 5) is 10.5. The van der Waals surface area contributed by atoms with Gasteiger partial charge in [-0.15, -0.1) is 0 Å². The second kappa shape index (κ2) is 4.05. The molecule has 0 radical (unpaired) electrons. The third kappa shape index (κ3) is 1.99. The first-order chi connectivity index (χ1) is 6.56. The van der Waals surface area contributed by atoms with Crippen molar-refractivity contribution in [1.82, 2.24) is 15.0 Å². The largest absolute Gasteiger partial charge is 0.491 e. The highest BCUT2D eigenvalue weighted by Crippen LogP contribution is 2.13. The summed E-state index contributed by atoms with van der Waals surface area (Å²) in [6, 6.07) is -1.05. The van der Waals surface area contributed by atoms with E-state index in [9.17, 15) is 9.90 Å². The average molecular weight is 200 g/mol. The maximum absolute atomic E-state index is 10.5. The number of aryl methyl sites for hydroxylation is 1. The van der Waals surface area contributed by atoms with Crippen LogP contribution in [0.2, 0.25) is 0 Å². The molecule has 0 aromatic carbocycles. The van der Waals surface area contributed by atoms with Gasteiger partial charge in [-0.05, 0) is 6.92 Å². The lowest BCUT2D eigenvalue weighted by Gasteiger charge is -2.06. The van der Waals surface area contributed by atoms with Crippen LogP contribution in [0.15, 0.2) is 0 Å². The molecule has 1 heterocycles. The van der Waals surface area contributed by atoms with Crippen molar-refractivity contribution in [3.63, 3.8) is 0 Å². The summed E-state index contributed by atoms with van der Waals surface area (Å²) in [5, 5.41) is 24.9. The third-order valence-corrected chi connectivity index (χ3v) is 1.85. The van der Waals surface area contributed by atoms with Crippen molar-refractivity contribution in [3.05, 3.63) is 5.69 Å². The zero-order valence-corrected chi connectivity index (χ0v) is 7.71. The number of nitrogens with zero attached hydrogens (tertiary/aromatic N) is 3. The fourth-order valence-corrected chi connectivity index (χ4v) is 1.07. The zero-order valence-electron chi connectivity index (χ0n) is 7.71. The molecular weight excluding hydrogens is 188 g/mol. The van der Waals surface area contributed by atoms with Gasteiger partial charge >= 0.3 is 5.97 Å². The van der Waals surface area contributed by atoms with Crippen LogP contribution in [-0.2, 0) is 17.8 Å². The fourth-order valence-electron chi connectivity index (χ4n) is 1.07. The van der Waals surface area contributed by atoms with Crippen LogP contribution in [0.3, 0.4) is 0 Å². The van der Waals surface area contributed by atoms with E-state index in [0.29, 0.717) is 12.2 Å². The number of aromatic hydroxyl groups is 1. The highest BCUT2D eigenvalue weighted by Gasteiger charge is 2.19. The Hall–Kier alpha value is -1.63. The molecule has 0 fully saturated rings. The number of rotatable bonds is 4. The molecule has 0 bridgehead atoms. The number of carboxylic acid groups (broad SMARTS) is 1. The fraction of sp³-hybridized carbons (Fsp3) is 0.571. The topological polar surface area (TPSA) is 114 Å². The molecule has 7 nitrogen and oxygen atoms in total. The third-order valence-electron chi connectivity index (χ3n) is 1.85. The molecule has 1 rings (SSSR count). The van der Waals surface area contributed by atoms with Gasteiger partial charge in [-0.3, -0.25) is 4.79 Å². The lowest BCUT2D eigenvalue weighted by Crippen LogP contribution is -2.33. The highest BCUT2D eigenvalue weighted by molar-refractivity contribution is 5.73. The second-order valence-corrected chi connectivity index (χ2v) is 2.82. The minimum atomic E-state index is -1.12. The Morgan fingerprint density at radius 2 is 2.36 bits per heavy atom. The van der Waals surface area contributed by atoms with Crippen LogP contribution in [0.4, 0.5) is 0 Å². The Morgan fingerprint density at radius 1 is 1.71 bits per heavy atom. The Bertz CT molecular complexity index is 336. The summed E-state index contributed by atoms with van der Waals surface area (Å²) < 4.78 is 1.41. The van der Waals surface area contributed by atoms with E-state index in [1.165, 1.54) is 4.68 Å². The standard InChI is InChI=1S/C7H12N4O3/c1-2-11-5(6(12)9-10-11)3-4(8)7(13)14/h4,12H,2-3,8H2,1H3,(H,13,14)/t4-/m0/s1. The van der Waals surface area contributed by atoms with Gasteiger partial charge < -0.3 is 15.9 Å². The van der Waals surface area contributed by atoms with Crippen molar-refractivity contribution in [2.45, 2.75) is 25.9 Å². The number of aliphatic carboxylic acids is 1. The monoisotopic (exact) mass is 200 g/mol. The molecule has 0 aliphatic carbocycles. The van der Waals surface area contributed by atoms with Crippen LogP contribution < -0.4 is 5.73 Å². The Labute approximate surface area is 80.1 Å². The van der Waals surface area contributed by atoms with Crippen LogP contribution in [0, 0.1) is 0 Å². The van der Waals surface area contributed by atoms with E-state index in [1.54, 1.807) is 0 Å². The molecule has 7 heteroatoms. The molecule has 1 aromatic rings. The van der Waals surface area contributed by atoms with E-state index in [4.69, 9.17) is 10.8 Å². The average Bonchev–Trinajstić information content (AvgIpc) is 2.47. The van der Waals surface area contributed by atoms with Gasteiger partial charge in [0.05, 0.1) is 0 Å². The Balaban J connectivity index is 2.84. The van der Waals surface area contributed by atoms with Gasteiger partial charge in [0, 0.05) is 13.0 Å². The molecule has 0 spiro atoms. The van der Waals surface area contributed by atoms with Crippen LogP contribution in [0.5, 0.6) is 5.88 Å². The molecule has 0 saturated heterocycles. The quantitative estimate of drug-likeness (QED) is 0.571. The highest BCUT2D eigenvalue weighted by atomic mass is 16.4. The molecule has 14 heavy (non-hydrogen) atoms. The van der Waals surface area contributed by atoms with Crippen molar-refractivity contribution in [2.75, 3.05) is 0 Å².